The molecular weight excluding hydrogens is 280 g/mol. The number of morpholine rings is 1. The maximum atomic E-state index is 12.3. The monoisotopic (exact) mass is 300 g/mol. The number of aromatic amines is 1. The van der Waals surface area contributed by atoms with Crippen LogP contribution in [0.2, 0.25) is 0 Å². The second-order valence-electron chi connectivity index (χ2n) is 5.23. The summed E-state index contributed by atoms with van der Waals surface area (Å²) in [5.74, 6) is -0.0964. The molecule has 116 valence electrons. The second-order valence-corrected chi connectivity index (χ2v) is 5.23. The summed E-state index contributed by atoms with van der Waals surface area (Å²) in [6.45, 7) is 4.86. The average Bonchev–Trinajstić information content (AvgIpc) is 3.06. The van der Waals surface area contributed by atoms with Crippen molar-refractivity contribution in [3.63, 3.8) is 0 Å². The highest BCUT2D eigenvalue weighted by atomic mass is 16.5. The molecule has 6 heteroatoms. The molecule has 1 fully saturated rings. The van der Waals surface area contributed by atoms with Crippen LogP contribution in [0.25, 0.3) is 11.3 Å². The van der Waals surface area contributed by atoms with Crippen molar-refractivity contribution in [1.82, 2.24) is 20.4 Å². The van der Waals surface area contributed by atoms with Crippen molar-refractivity contribution in [2.24, 2.45) is 0 Å². The molecule has 0 unspecified atom stereocenters. The van der Waals surface area contributed by atoms with E-state index in [-0.39, 0.29) is 5.91 Å². The van der Waals surface area contributed by atoms with E-state index in [0.29, 0.717) is 12.1 Å². The van der Waals surface area contributed by atoms with Gasteiger partial charge in [0.1, 0.15) is 0 Å². The number of carbonyl (C=O) groups excluding carboxylic acids is 1. The fourth-order valence-corrected chi connectivity index (χ4v) is 2.53. The van der Waals surface area contributed by atoms with Crippen LogP contribution in [-0.2, 0) is 4.74 Å². The molecule has 2 heterocycles. The van der Waals surface area contributed by atoms with Gasteiger partial charge in [0, 0.05) is 31.7 Å². The van der Waals surface area contributed by atoms with E-state index in [0.717, 1.165) is 44.1 Å². The smallest absolute Gasteiger partial charge is 0.255 e. The zero-order valence-corrected chi connectivity index (χ0v) is 12.4. The number of nitrogens with one attached hydrogen (secondary N) is 2. The normalized spacial score (nSPS) is 15.6. The lowest BCUT2D eigenvalue weighted by Gasteiger charge is -2.26. The highest BCUT2D eigenvalue weighted by Gasteiger charge is 2.15. The minimum absolute atomic E-state index is 0.0964. The lowest BCUT2D eigenvalue weighted by atomic mass is 10.1. The van der Waals surface area contributed by atoms with E-state index >= 15 is 0 Å². The second kappa shape index (κ2) is 7.20. The Bertz CT molecular complexity index is 606. The molecule has 1 aliphatic rings. The van der Waals surface area contributed by atoms with Crippen LogP contribution >= 0.6 is 0 Å². The molecule has 1 amide bonds. The zero-order valence-electron chi connectivity index (χ0n) is 12.4. The molecule has 1 saturated heterocycles. The Kier molecular flexibility index (Phi) is 4.82. The van der Waals surface area contributed by atoms with Gasteiger partial charge in [-0.05, 0) is 0 Å². The number of nitrogens with zero attached hydrogens (tertiary/aromatic N) is 2. The highest BCUT2D eigenvalue weighted by Crippen LogP contribution is 2.20. The van der Waals surface area contributed by atoms with Crippen LogP contribution in [0.4, 0.5) is 0 Å². The fraction of sp³-hybridized carbons (Fsp3) is 0.375. The number of aromatic nitrogens is 2. The first-order valence-electron chi connectivity index (χ1n) is 7.51. The zero-order chi connectivity index (χ0) is 15.2. The first kappa shape index (κ1) is 14.7. The maximum absolute atomic E-state index is 12.3. The van der Waals surface area contributed by atoms with Gasteiger partial charge < -0.3 is 10.1 Å². The number of hydrogen-bond donors (Lipinski definition) is 2. The van der Waals surface area contributed by atoms with E-state index < -0.39 is 0 Å². The van der Waals surface area contributed by atoms with Gasteiger partial charge in [0.2, 0.25) is 0 Å². The number of carbonyl (C=O) groups is 1. The van der Waals surface area contributed by atoms with Crippen LogP contribution in [0.5, 0.6) is 0 Å². The van der Waals surface area contributed by atoms with E-state index in [1.807, 2.05) is 30.3 Å². The molecule has 3 rings (SSSR count). The molecular formula is C16H20N4O2. The Morgan fingerprint density at radius 1 is 1.27 bits per heavy atom. The Labute approximate surface area is 129 Å². The molecule has 0 spiro atoms. The molecule has 0 radical (unpaired) electrons. The topological polar surface area (TPSA) is 70.2 Å². The van der Waals surface area contributed by atoms with Gasteiger partial charge in [-0.1, -0.05) is 30.3 Å². The van der Waals surface area contributed by atoms with Crippen molar-refractivity contribution in [2.75, 3.05) is 39.4 Å². The Hall–Kier alpha value is -2.18. The van der Waals surface area contributed by atoms with E-state index in [2.05, 4.69) is 20.4 Å². The molecule has 0 atom stereocenters. The summed E-state index contributed by atoms with van der Waals surface area (Å²) < 4.78 is 5.31. The van der Waals surface area contributed by atoms with Crippen molar-refractivity contribution in [1.29, 1.82) is 0 Å². The van der Waals surface area contributed by atoms with Crippen LogP contribution in [-0.4, -0.2) is 60.4 Å². The summed E-state index contributed by atoms with van der Waals surface area (Å²) in [6.07, 6.45) is 1.58. The Morgan fingerprint density at radius 3 is 2.82 bits per heavy atom. The van der Waals surface area contributed by atoms with Gasteiger partial charge in [0.25, 0.3) is 5.91 Å². The predicted octanol–water partition coefficient (Wildman–Crippen LogP) is 1.14. The predicted molar refractivity (Wildman–Crippen MR) is 83.6 cm³/mol. The molecule has 0 aliphatic carbocycles. The molecule has 0 bridgehead atoms. The van der Waals surface area contributed by atoms with Crippen LogP contribution in [0.15, 0.2) is 36.5 Å². The van der Waals surface area contributed by atoms with Crippen molar-refractivity contribution in [3.8, 4) is 11.3 Å². The number of ether oxygens (including phenoxy) is 1. The summed E-state index contributed by atoms with van der Waals surface area (Å²) in [6, 6.07) is 9.74. The number of amides is 1. The minimum atomic E-state index is -0.0964. The summed E-state index contributed by atoms with van der Waals surface area (Å²) in [5, 5.41) is 9.87. The van der Waals surface area contributed by atoms with Crippen LogP contribution in [0.1, 0.15) is 10.4 Å². The van der Waals surface area contributed by atoms with Crippen molar-refractivity contribution in [3.05, 3.63) is 42.1 Å². The van der Waals surface area contributed by atoms with Crippen molar-refractivity contribution in [2.45, 2.75) is 0 Å². The van der Waals surface area contributed by atoms with E-state index in [1.54, 1.807) is 6.20 Å². The number of benzene rings is 1. The van der Waals surface area contributed by atoms with Gasteiger partial charge in [-0.2, -0.15) is 5.10 Å². The fourth-order valence-electron chi connectivity index (χ4n) is 2.53. The van der Waals surface area contributed by atoms with E-state index in [9.17, 15) is 4.79 Å². The molecule has 1 aromatic carbocycles. The van der Waals surface area contributed by atoms with Crippen LogP contribution in [0.3, 0.4) is 0 Å². The van der Waals surface area contributed by atoms with E-state index in [1.165, 1.54) is 0 Å². The first-order chi connectivity index (χ1) is 10.8. The highest BCUT2D eigenvalue weighted by molar-refractivity contribution is 5.99. The Balaban J connectivity index is 1.58. The number of H-pyrrole nitrogens is 1. The number of rotatable bonds is 5. The summed E-state index contributed by atoms with van der Waals surface area (Å²) >= 11 is 0. The lowest BCUT2D eigenvalue weighted by Crippen LogP contribution is -2.41. The largest absolute Gasteiger partial charge is 0.379 e. The molecule has 22 heavy (non-hydrogen) atoms. The summed E-state index contributed by atoms with van der Waals surface area (Å²) in [7, 11) is 0. The van der Waals surface area contributed by atoms with Gasteiger partial charge in [0.15, 0.2) is 0 Å². The third kappa shape index (κ3) is 3.52. The van der Waals surface area contributed by atoms with Gasteiger partial charge in [0.05, 0.1) is 30.7 Å². The standard InChI is InChI=1S/C16H20N4O2/c21-16(17-6-7-20-8-10-22-11-9-20)14-12-18-19-15(14)13-4-2-1-3-5-13/h1-5,12H,6-11H2,(H,17,21)(H,18,19). The third-order valence-corrected chi connectivity index (χ3v) is 3.76. The van der Waals surface area contributed by atoms with Crippen molar-refractivity contribution < 1.29 is 9.53 Å². The van der Waals surface area contributed by atoms with Gasteiger partial charge in [-0.15, -0.1) is 0 Å². The molecule has 1 aromatic heterocycles. The average molecular weight is 300 g/mol. The van der Waals surface area contributed by atoms with Gasteiger partial charge in [-0.25, -0.2) is 0 Å². The third-order valence-electron chi connectivity index (χ3n) is 3.76. The van der Waals surface area contributed by atoms with Gasteiger partial charge >= 0.3 is 0 Å². The molecule has 0 saturated carbocycles. The lowest BCUT2D eigenvalue weighted by molar-refractivity contribution is 0.0383. The summed E-state index contributed by atoms with van der Waals surface area (Å²) in [5.41, 5.74) is 2.29. The molecule has 2 aromatic rings. The SMILES string of the molecule is O=C(NCCN1CCOCC1)c1cn[nH]c1-c1ccccc1. The summed E-state index contributed by atoms with van der Waals surface area (Å²) in [4.78, 5) is 14.6. The number of hydrogen-bond acceptors (Lipinski definition) is 4. The van der Waals surface area contributed by atoms with Gasteiger partial charge in [-0.3, -0.25) is 14.8 Å². The van der Waals surface area contributed by atoms with E-state index in [4.69, 9.17) is 4.74 Å². The molecule has 6 nitrogen and oxygen atoms in total. The first-order valence-corrected chi connectivity index (χ1v) is 7.51. The minimum Gasteiger partial charge on any atom is -0.379 e. The maximum Gasteiger partial charge on any atom is 0.255 e. The van der Waals surface area contributed by atoms with Crippen LogP contribution < -0.4 is 5.32 Å². The van der Waals surface area contributed by atoms with Crippen molar-refractivity contribution >= 4 is 5.91 Å². The molecule has 1 aliphatic heterocycles. The quantitative estimate of drug-likeness (QED) is 0.869. The molecule has 2 N–H and O–H groups in total. The Morgan fingerprint density at radius 2 is 2.05 bits per heavy atom. The van der Waals surface area contributed by atoms with Crippen LogP contribution in [0, 0.1) is 0 Å².